The summed E-state index contributed by atoms with van der Waals surface area (Å²) in [6.07, 6.45) is 10.7. The van der Waals surface area contributed by atoms with Gasteiger partial charge in [-0.3, -0.25) is 0 Å². The molecule has 0 bridgehead atoms. The van der Waals surface area contributed by atoms with Crippen molar-refractivity contribution in [1.29, 1.82) is 0 Å². The Morgan fingerprint density at radius 2 is 1.89 bits per heavy atom. The topological polar surface area (TPSA) is 24.5 Å². The molecule has 0 aromatic rings. The van der Waals surface area contributed by atoms with Crippen molar-refractivity contribution in [1.82, 2.24) is 10.2 Å². The molecule has 1 aliphatic carbocycles. The molecule has 19 heavy (non-hydrogen) atoms. The molecular formula is C16H32N2O. The van der Waals surface area contributed by atoms with Crippen LogP contribution >= 0.6 is 0 Å². The van der Waals surface area contributed by atoms with Gasteiger partial charge in [0.05, 0.1) is 0 Å². The Kier molecular flexibility index (Phi) is 6.62. The van der Waals surface area contributed by atoms with Crippen molar-refractivity contribution < 1.29 is 4.74 Å². The first kappa shape index (κ1) is 15.3. The third kappa shape index (κ3) is 5.05. The molecule has 2 fully saturated rings. The lowest BCUT2D eigenvalue weighted by molar-refractivity contribution is 0.0802. The van der Waals surface area contributed by atoms with E-state index < -0.39 is 0 Å². The first-order valence-corrected chi connectivity index (χ1v) is 8.40. The van der Waals surface area contributed by atoms with E-state index in [1.807, 2.05) is 0 Å². The summed E-state index contributed by atoms with van der Waals surface area (Å²) in [4.78, 5) is 2.66. The van der Waals surface area contributed by atoms with Crippen LogP contribution in [0.3, 0.4) is 0 Å². The molecule has 3 nitrogen and oxygen atoms in total. The minimum atomic E-state index is 0.458. The lowest BCUT2D eigenvalue weighted by Crippen LogP contribution is -2.61. The highest BCUT2D eigenvalue weighted by Crippen LogP contribution is 2.30. The minimum Gasteiger partial charge on any atom is -0.381 e. The average Bonchev–Trinajstić information content (AvgIpc) is 2.44. The zero-order valence-corrected chi connectivity index (χ0v) is 12.8. The van der Waals surface area contributed by atoms with E-state index in [9.17, 15) is 0 Å². The maximum atomic E-state index is 5.66. The van der Waals surface area contributed by atoms with Crippen LogP contribution in [0.15, 0.2) is 0 Å². The van der Waals surface area contributed by atoms with Gasteiger partial charge in [-0.2, -0.15) is 0 Å². The Morgan fingerprint density at radius 1 is 1.11 bits per heavy atom. The van der Waals surface area contributed by atoms with Gasteiger partial charge in [0, 0.05) is 44.9 Å². The SMILES string of the molecule is CCCCOCCCN1CCNC2(CCCCC2)C1. The Balaban J connectivity index is 1.61. The number of hydrogen-bond acceptors (Lipinski definition) is 3. The number of hydrogen-bond donors (Lipinski definition) is 1. The van der Waals surface area contributed by atoms with Gasteiger partial charge in [-0.15, -0.1) is 0 Å². The normalized spacial score (nSPS) is 23.8. The van der Waals surface area contributed by atoms with Gasteiger partial charge in [0.1, 0.15) is 0 Å². The Hall–Kier alpha value is -0.120. The van der Waals surface area contributed by atoms with Crippen molar-refractivity contribution in [3.8, 4) is 0 Å². The van der Waals surface area contributed by atoms with E-state index in [4.69, 9.17) is 4.74 Å². The van der Waals surface area contributed by atoms with E-state index in [0.29, 0.717) is 5.54 Å². The van der Waals surface area contributed by atoms with Gasteiger partial charge in [-0.1, -0.05) is 32.6 Å². The van der Waals surface area contributed by atoms with E-state index in [2.05, 4.69) is 17.1 Å². The maximum Gasteiger partial charge on any atom is 0.0478 e. The van der Waals surface area contributed by atoms with E-state index >= 15 is 0 Å². The molecule has 1 N–H and O–H groups in total. The number of rotatable bonds is 7. The van der Waals surface area contributed by atoms with E-state index in [0.717, 1.165) is 13.2 Å². The zero-order valence-electron chi connectivity index (χ0n) is 12.8. The number of nitrogens with zero attached hydrogens (tertiary/aromatic N) is 1. The summed E-state index contributed by atoms with van der Waals surface area (Å²) >= 11 is 0. The molecule has 3 heteroatoms. The minimum absolute atomic E-state index is 0.458. The third-order valence-corrected chi connectivity index (χ3v) is 4.67. The molecule has 1 spiro atoms. The predicted molar refractivity (Wildman–Crippen MR) is 80.6 cm³/mol. The summed E-state index contributed by atoms with van der Waals surface area (Å²) in [5.74, 6) is 0. The molecule has 0 atom stereocenters. The first-order valence-electron chi connectivity index (χ1n) is 8.40. The number of piperazine rings is 1. The Labute approximate surface area is 119 Å². The summed E-state index contributed by atoms with van der Waals surface area (Å²) in [6, 6.07) is 0. The quantitative estimate of drug-likeness (QED) is 0.719. The summed E-state index contributed by atoms with van der Waals surface area (Å²) in [6.45, 7) is 8.98. The second-order valence-corrected chi connectivity index (χ2v) is 6.36. The fourth-order valence-corrected chi connectivity index (χ4v) is 3.54. The van der Waals surface area contributed by atoms with Gasteiger partial charge in [-0.05, 0) is 25.7 Å². The van der Waals surface area contributed by atoms with Crippen LogP contribution in [0.5, 0.6) is 0 Å². The Bertz CT molecular complexity index is 233. The number of nitrogens with one attached hydrogen (secondary N) is 1. The van der Waals surface area contributed by atoms with Crippen LogP contribution in [-0.2, 0) is 4.74 Å². The molecule has 1 aliphatic heterocycles. The number of ether oxygens (including phenoxy) is 1. The maximum absolute atomic E-state index is 5.66. The predicted octanol–water partition coefficient (Wildman–Crippen LogP) is 2.80. The molecule has 2 rings (SSSR count). The summed E-state index contributed by atoms with van der Waals surface area (Å²) < 4.78 is 5.66. The molecule has 0 amide bonds. The summed E-state index contributed by atoms with van der Waals surface area (Å²) in [7, 11) is 0. The molecule has 0 aromatic carbocycles. The largest absolute Gasteiger partial charge is 0.381 e. The molecule has 0 radical (unpaired) electrons. The van der Waals surface area contributed by atoms with Crippen molar-refractivity contribution in [2.24, 2.45) is 0 Å². The van der Waals surface area contributed by atoms with Crippen LogP contribution < -0.4 is 5.32 Å². The van der Waals surface area contributed by atoms with Crippen molar-refractivity contribution in [2.45, 2.75) is 63.8 Å². The molecule has 2 aliphatic rings. The highest BCUT2D eigenvalue weighted by atomic mass is 16.5. The highest BCUT2D eigenvalue weighted by Gasteiger charge is 2.35. The summed E-state index contributed by atoms with van der Waals surface area (Å²) in [5, 5.41) is 3.81. The number of unbranched alkanes of at least 4 members (excludes halogenated alkanes) is 1. The van der Waals surface area contributed by atoms with Crippen molar-refractivity contribution >= 4 is 0 Å². The Morgan fingerprint density at radius 3 is 2.68 bits per heavy atom. The highest BCUT2D eigenvalue weighted by molar-refractivity contribution is 4.96. The second kappa shape index (κ2) is 8.23. The molecule has 0 aromatic heterocycles. The standard InChI is InChI=1S/C16H32N2O/c1-2-3-13-19-14-7-11-18-12-10-17-16(15-18)8-5-4-6-9-16/h17H,2-15H2,1H3. The molecule has 1 heterocycles. The van der Waals surface area contributed by atoms with E-state index in [1.54, 1.807) is 0 Å². The van der Waals surface area contributed by atoms with Crippen LogP contribution in [0, 0.1) is 0 Å². The lowest BCUT2D eigenvalue weighted by Gasteiger charge is -2.46. The van der Waals surface area contributed by atoms with Crippen molar-refractivity contribution in [2.75, 3.05) is 39.4 Å². The van der Waals surface area contributed by atoms with Gasteiger partial charge in [0.25, 0.3) is 0 Å². The van der Waals surface area contributed by atoms with Gasteiger partial charge in [0.2, 0.25) is 0 Å². The van der Waals surface area contributed by atoms with Crippen LogP contribution in [0.4, 0.5) is 0 Å². The molecule has 112 valence electrons. The second-order valence-electron chi connectivity index (χ2n) is 6.36. The van der Waals surface area contributed by atoms with Gasteiger partial charge in [0.15, 0.2) is 0 Å². The van der Waals surface area contributed by atoms with Crippen LogP contribution in [0.1, 0.15) is 58.3 Å². The van der Waals surface area contributed by atoms with Crippen molar-refractivity contribution in [3.63, 3.8) is 0 Å². The molecule has 1 saturated carbocycles. The monoisotopic (exact) mass is 268 g/mol. The zero-order chi connectivity index (χ0) is 13.4. The van der Waals surface area contributed by atoms with Gasteiger partial charge < -0.3 is 15.0 Å². The molecule has 1 saturated heterocycles. The van der Waals surface area contributed by atoms with E-state index in [1.165, 1.54) is 77.5 Å². The van der Waals surface area contributed by atoms with E-state index in [-0.39, 0.29) is 0 Å². The molecular weight excluding hydrogens is 236 g/mol. The summed E-state index contributed by atoms with van der Waals surface area (Å²) in [5.41, 5.74) is 0.458. The molecule has 0 unspecified atom stereocenters. The third-order valence-electron chi connectivity index (χ3n) is 4.67. The smallest absolute Gasteiger partial charge is 0.0478 e. The van der Waals surface area contributed by atoms with Crippen LogP contribution in [-0.4, -0.2) is 49.8 Å². The van der Waals surface area contributed by atoms with Crippen LogP contribution in [0.25, 0.3) is 0 Å². The van der Waals surface area contributed by atoms with Crippen LogP contribution in [0.2, 0.25) is 0 Å². The fourth-order valence-electron chi connectivity index (χ4n) is 3.54. The lowest BCUT2D eigenvalue weighted by atomic mass is 9.80. The first-order chi connectivity index (χ1) is 9.35. The fraction of sp³-hybridized carbons (Fsp3) is 1.00. The average molecular weight is 268 g/mol. The van der Waals surface area contributed by atoms with Gasteiger partial charge in [-0.25, -0.2) is 0 Å². The van der Waals surface area contributed by atoms with Crippen molar-refractivity contribution in [3.05, 3.63) is 0 Å². The van der Waals surface area contributed by atoms with Gasteiger partial charge >= 0.3 is 0 Å².